The van der Waals surface area contributed by atoms with Gasteiger partial charge in [-0.25, -0.2) is 0 Å². The van der Waals surface area contributed by atoms with E-state index in [0.29, 0.717) is 4.44 Å². The average molecular weight is 770 g/mol. The third-order valence-corrected chi connectivity index (χ3v) is 12.5. The van der Waals surface area contributed by atoms with Crippen molar-refractivity contribution in [3.05, 3.63) is 0 Å². The zero-order valence-electron chi connectivity index (χ0n) is 14.0. The van der Waals surface area contributed by atoms with Crippen LogP contribution in [0, 0.1) is 0 Å². The fraction of sp³-hybridized carbons (Fsp3) is 0.667. The molecule has 0 aromatic heterocycles. The number of carbonyl (C=O) groups is 4. The molecular formula is C12H22I2O7Sn2. The van der Waals surface area contributed by atoms with E-state index in [1.807, 2.05) is 9.88 Å². The minimum atomic E-state index is -3.10. The van der Waals surface area contributed by atoms with Gasteiger partial charge in [-0.15, -0.1) is 0 Å². The quantitative estimate of drug-likeness (QED) is 0.247. The summed E-state index contributed by atoms with van der Waals surface area (Å²) in [6.07, 6.45) is -0.222. The summed E-state index contributed by atoms with van der Waals surface area (Å²) in [7, 11) is 0. The van der Waals surface area contributed by atoms with Crippen molar-refractivity contribution >= 4 is 98.9 Å². The van der Waals surface area contributed by atoms with Crippen molar-refractivity contribution in [1.29, 1.82) is 0 Å². The monoisotopic (exact) mass is 772 g/mol. The number of rotatable bonds is 3. The Labute approximate surface area is 169 Å². The first-order valence-corrected chi connectivity index (χ1v) is 29.8. The molecule has 0 N–H and O–H groups in total. The normalized spacial score (nSPS) is 15.7. The molecule has 23 heavy (non-hydrogen) atoms. The Bertz CT molecular complexity index is 417. The number of hydrogen-bond acceptors (Lipinski definition) is 7. The fourth-order valence-corrected chi connectivity index (χ4v) is 11.3. The minimum absolute atomic E-state index is 0.118. The molecule has 134 valence electrons. The summed E-state index contributed by atoms with van der Waals surface area (Å²) >= 11 is -1.59. The van der Waals surface area contributed by atoms with Crippen LogP contribution in [0.5, 0.6) is 0 Å². The van der Waals surface area contributed by atoms with Crippen LogP contribution in [0.1, 0.15) is 20.3 Å². The molecule has 1 heterocycles. The molecule has 1 rings (SSSR count). The zero-order valence-corrected chi connectivity index (χ0v) is 24.1. The molecule has 1 fully saturated rings. The molecular weight excluding hydrogens is 747 g/mol. The second kappa shape index (κ2) is 12.5. The maximum atomic E-state index is 10.7. The Balaban J connectivity index is 0. The molecule has 1 aliphatic heterocycles. The van der Waals surface area contributed by atoms with Crippen molar-refractivity contribution in [2.45, 2.75) is 44.5 Å². The van der Waals surface area contributed by atoms with Gasteiger partial charge in [0.25, 0.3) is 0 Å². The van der Waals surface area contributed by atoms with Gasteiger partial charge in [-0.3, -0.25) is 0 Å². The van der Waals surface area contributed by atoms with Crippen LogP contribution in [0.3, 0.4) is 0 Å². The third-order valence-electron chi connectivity index (χ3n) is 2.10. The molecule has 0 aliphatic carbocycles. The van der Waals surface area contributed by atoms with Gasteiger partial charge >= 0.3 is 135 Å². The van der Waals surface area contributed by atoms with Gasteiger partial charge in [0.1, 0.15) is 0 Å². The molecule has 0 spiro atoms. The Morgan fingerprint density at radius 3 is 1.78 bits per heavy atom. The Morgan fingerprint density at radius 2 is 1.52 bits per heavy atom. The predicted octanol–water partition coefficient (Wildman–Crippen LogP) is 3.29. The van der Waals surface area contributed by atoms with Gasteiger partial charge in [0.2, 0.25) is 0 Å². The van der Waals surface area contributed by atoms with E-state index >= 15 is 0 Å². The molecule has 0 bridgehead atoms. The molecule has 1 saturated heterocycles. The molecule has 0 amide bonds. The van der Waals surface area contributed by atoms with Crippen LogP contribution < -0.4 is 0 Å². The fourth-order valence-electron chi connectivity index (χ4n) is 1.78. The summed E-state index contributed by atoms with van der Waals surface area (Å²) in [6, 6.07) is 0. The van der Waals surface area contributed by atoms with E-state index in [2.05, 4.69) is 37.2 Å². The van der Waals surface area contributed by atoms with E-state index in [4.69, 9.17) is 9.22 Å². The Morgan fingerprint density at radius 1 is 1.13 bits per heavy atom. The van der Waals surface area contributed by atoms with Gasteiger partial charge < -0.3 is 0 Å². The van der Waals surface area contributed by atoms with Crippen molar-refractivity contribution in [3.63, 3.8) is 0 Å². The van der Waals surface area contributed by atoms with E-state index < -0.39 is 49.9 Å². The Hall–Kier alpha value is 1.14. The van der Waals surface area contributed by atoms with Crippen LogP contribution in [0.15, 0.2) is 0 Å². The summed E-state index contributed by atoms with van der Waals surface area (Å²) in [5, 5.41) is 0. The first-order valence-electron chi connectivity index (χ1n) is 6.60. The van der Waals surface area contributed by atoms with E-state index in [0.717, 1.165) is 0 Å². The molecule has 11 heteroatoms. The SMILES string of the molecule is CC(=O)[CH2][Sn]([CH3])([CH3])[O]C(C)=O.II.[CH3][Sn]1([CH3])[O]C(=O)CC(=O)[O]1. The number of carbonyl (C=O) groups excluding carboxylic acids is 4. The van der Waals surface area contributed by atoms with Gasteiger partial charge in [-0.2, -0.15) is 0 Å². The van der Waals surface area contributed by atoms with Gasteiger partial charge in [0, 0.05) is 37.2 Å². The molecule has 0 atom stereocenters. The van der Waals surface area contributed by atoms with Gasteiger partial charge in [-0.05, 0) is 0 Å². The van der Waals surface area contributed by atoms with Crippen molar-refractivity contribution in [2.75, 3.05) is 0 Å². The van der Waals surface area contributed by atoms with E-state index in [1.165, 1.54) is 13.8 Å². The summed E-state index contributed by atoms with van der Waals surface area (Å²) in [4.78, 5) is 49.8. The van der Waals surface area contributed by atoms with E-state index in [-0.39, 0.29) is 18.2 Å². The van der Waals surface area contributed by atoms with Crippen molar-refractivity contribution < 1.29 is 28.4 Å². The summed E-state index contributed by atoms with van der Waals surface area (Å²) in [5.41, 5.74) is 0. The number of Topliss-reactive ketones (excluding diaryl/α,β-unsaturated/α-hetero) is 1. The van der Waals surface area contributed by atoms with Crippen molar-refractivity contribution in [2.24, 2.45) is 0 Å². The average Bonchev–Trinajstić information content (AvgIpc) is 2.24. The van der Waals surface area contributed by atoms with Crippen LogP contribution in [0.2, 0.25) is 24.2 Å². The number of halogens is 2. The standard InChI is InChI=1S/C3H4O4.C3H5O.C2H4O2.4CH3.I2.2Sn/c4-2(5)1-3(6)7;1-3(2)4;1-2(3)4;;;;;1-2;;/h1H2,(H,4,5)(H,6,7);1H2,2H3;1H3,(H,3,4);4*1H3;;;/q;;;;;;;;+1;+2/p-3. The molecule has 0 unspecified atom stereocenters. The van der Waals surface area contributed by atoms with Crippen molar-refractivity contribution in [3.8, 4) is 0 Å². The summed E-state index contributed by atoms with van der Waals surface area (Å²) in [6.45, 7) is 2.92. The zero-order chi connectivity index (χ0) is 18.8. The van der Waals surface area contributed by atoms with Gasteiger partial charge in [0.05, 0.1) is 0 Å². The summed E-state index contributed by atoms with van der Waals surface area (Å²) < 4.78 is 15.3. The Kier molecular flexibility index (Phi) is 14.3. The van der Waals surface area contributed by atoms with Gasteiger partial charge in [-0.1, -0.05) is 0 Å². The van der Waals surface area contributed by atoms with Crippen LogP contribution >= 0.6 is 37.2 Å². The molecule has 0 radical (unpaired) electrons. The van der Waals surface area contributed by atoms with Crippen LogP contribution in [0.4, 0.5) is 0 Å². The first-order chi connectivity index (χ1) is 10.3. The molecule has 0 aromatic carbocycles. The van der Waals surface area contributed by atoms with Crippen LogP contribution in [0.25, 0.3) is 0 Å². The number of ketones is 1. The first kappa shape index (κ1) is 26.4. The van der Waals surface area contributed by atoms with E-state index in [9.17, 15) is 19.2 Å². The topological polar surface area (TPSA) is 96.0 Å². The summed E-state index contributed by atoms with van der Waals surface area (Å²) in [5.74, 6) is -1.01. The molecule has 1 aliphatic rings. The maximum absolute atomic E-state index is 10.7. The van der Waals surface area contributed by atoms with E-state index in [1.54, 1.807) is 9.88 Å². The second-order valence-corrected chi connectivity index (χ2v) is 26.5. The molecule has 7 nitrogen and oxygen atoms in total. The third kappa shape index (κ3) is 16.4. The van der Waals surface area contributed by atoms with Crippen LogP contribution in [-0.2, 0) is 28.4 Å². The van der Waals surface area contributed by atoms with Gasteiger partial charge in [0.15, 0.2) is 0 Å². The van der Waals surface area contributed by atoms with Crippen LogP contribution in [-0.4, -0.2) is 61.7 Å². The molecule has 0 aromatic rings. The number of hydrogen-bond donors (Lipinski definition) is 0. The predicted molar refractivity (Wildman–Crippen MR) is 107 cm³/mol. The molecule has 0 saturated carbocycles. The van der Waals surface area contributed by atoms with Crippen molar-refractivity contribution in [1.82, 2.24) is 0 Å². The second-order valence-electron chi connectivity index (χ2n) is 5.76.